The Morgan fingerprint density at radius 2 is 1.62 bits per heavy atom. The van der Waals surface area contributed by atoms with Gasteiger partial charge in [0.1, 0.15) is 5.72 Å². The van der Waals surface area contributed by atoms with Crippen LogP contribution in [0.1, 0.15) is 46.0 Å². The first-order chi connectivity index (χ1) is 7.54. The van der Waals surface area contributed by atoms with Gasteiger partial charge < -0.3 is 9.47 Å². The highest BCUT2D eigenvalue weighted by molar-refractivity contribution is 5.03. The molecule has 2 spiro atoms. The quantitative estimate of drug-likeness (QED) is 0.684. The van der Waals surface area contributed by atoms with Gasteiger partial charge in [0.05, 0.1) is 25.4 Å². The van der Waals surface area contributed by atoms with Crippen LogP contribution in [-0.2, 0) is 9.47 Å². The van der Waals surface area contributed by atoms with Gasteiger partial charge in [-0.2, -0.15) is 0 Å². The molecule has 0 unspecified atom stereocenters. The summed E-state index contributed by atoms with van der Waals surface area (Å²) in [5, 5.41) is 3.77. The maximum atomic E-state index is 6.06. The normalized spacial score (nSPS) is 34.9. The molecule has 1 N–H and O–H groups in total. The summed E-state index contributed by atoms with van der Waals surface area (Å²) in [4.78, 5) is 0. The Kier molecular flexibility index (Phi) is 2.36. The van der Waals surface area contributed by atoms with Gasteiger partial charge >= 0.3 is 0 Å². The van der Waals surface area contributed by atoms with Crippen LogP contribution in [0, 0.1) is 5.41 Å². The van der Waals surface area contributed by atoms with Crippen LogP contribution in [0.2, 0.25) is 0 Å². The van der Waals surface area contributed by atoms with Crippen LogP contribution in [0.15, 0.2) is 0 Å². The molecule has 2 heterocycles. The molecular formula is C13H23NO2. The standard InChI is InChI=1S/C13H23NO2/c1-11(2)3-5-13(6-4-11)14-12(7-8-16-13)9-15-10-12/h14H,3-10H2,1-2H3. The number of nitrogens with one attached hydrogen (secondary N) is 1. The van der Waals surface area contributed by atoms with Crippen molar-refractivity contribution in [2.75, 3.05) is 19.8 Å². The highest BCUT2D eigenvalue weighted by Crippen LogP contribution is 2.44. The fourth-order valence-electron chi connectivity index (χ4n) is 3.19. The molecule has 3 nitrogen and oxygen atoms in total. The molecule has 0 radical (unpaired) electrons. The molecular weight excluding hydrogens is 202 g/mol. The third-order valence-corrected chi connectivity index (χ3v) is 4.62. The van der Waals surface area contributed by atoms with E-state index in [1.807, 2.05) is 0 Å². The van der Waals surface area contributed by atoms with Gasteiger partial charge in [0.25, 0.3) is 0 Å². The summed E-state index contributed by atoms with van der Waals surface area (Å²) >= 11 is 0. The van der Waals surface area contributed by atoms with Crippen molar-refractivity contribution in [2.24, 2.45) is 5.41 Å². The van der Waals surface area contributed by atoms with Gasteiger partial charge in [0.2, 0.25) is 0 Å². The second kappa shape index (κ2) is 3.44. The van der Waals surface area contributed by atoms with Crippen molar-refractivity contribution in [3.63, 3.8) is 0 Å². The third kappa shape index (κ3) is 1.79. The summed E-state index contributed by atoms with van der Waals surface area (Å²) in [6, 6.07) is 0. The number of hydrogen-bond donors (Lipinski definition) is 1. The van der Waals surface area contributed by atoms with Gasteiger partial charge in [-0.3, -0.25) is 5.32 Å². The first-order valence-electron chi connectivity index (χ1n) is 6.55. The van der Waals surface area contributed by atoms with Gasteiger partial charge in [-0.05, 0) is 37.5 Å². The zero-order valence-electron chi connectivity index (χ0n) is 10.5. The van der Waals surface area contributed by atoms with E-state index in [1.165, 1.54) is 12.8 Å². The number of ether oxygens (including phenoxy) is 2. The summed E-state index contributed by atoms with van der Waals surface area (Å²) in [5.74, 6) is 0. The van der Waals surface area contributed by atoms with E-state index in [4.69, 9.17) is 9.47 Å². The zero-order valence-corrected chi connectivity index (χ0v) is 10.5. The Bertz CT molecular complexity index is 274. The van der Waals surface area contributed by atoms with Crippen molar-refractivity contribution in [2.45, 2.75) is 57.2 Å². The average molecular weight is 225 g/mol. The molecule has 2 aliphatic heterocycles. The minimum Gasteiger partial charge on any atom is -0.377 e. The molecule has 16 heavy (non-hydrogen) atoms. The molecule has 1 saturated carbocycles. The van der Waals surface area contributed by atoms with Crippen LogP contribution in [0.25, 0.3) is 0 Å². The fourth-order valence-corrected chi connectivity index (χ4v) is 3.19. The lowest BCUT2D eigenvalue weighted by Crippen LogP contribution is -2.72. The molecule has 2 saturated heterocycles. The Morgan fingerprint density at radius 1 is 0.938 bits per heavy atom. The lowest BCUT2D eigenvalue weighted by molar-refractivity contribution is -0.212. The Morgan fingerprint density at radius 3 is 2.19 bits per heavy atom. The predicted molar refractivity (Wildman–Crippen MR) is 62.2 cm³/mol. The minimum atomic E-state index is -0.0302. The molecule has 1 aliphatic carbocycles. The summed E-state index contributed by atoms with van der Waals surface area (Å²) in [5.41, 5.74) is 0.717. The van der Waals surface area contributed by atoms with Gasteiger partial charge in [-0.25, -0.2) is 0 Å². The van der Waals surface area contributed by atoms with Crippen LogP contribution in [0.4, 0.5) is 0 Å². The summed E-state index contributed by atoms with van der Waals surface area (Å²) in [6.45, 7) is 7.38. The number of rotatable bonds is 0. The largest absolute Gasteiger partial charge is 0.377 e. The van der Waals surface area contributed by atoms with Crippen LogP contribution < -0.4 is 5.32 Å². The van der Waals surface area contributed by atoms with Crippen molar-refractivity contribution in [3.8, 4) is 0 Å². The van der Waals surface area contributed by atoms with Crippen molar-refractivity contribution in [1.29, 1.82) is 0 Å². The molecule has 3 rings (SSSR count). The van der Waals surface area contributed by atoms with Crippen LogP contribution in [0.3, 0.4) is 0 Å². The maximum absolute atomic E-state index is 6.06. The van der Waals surface area contributed by atoms with E-state index in [0.29, 0.717) is 5.41 Å². The Hall–Kier alpha value is -0.120. The second-order valence-corrected chi connectivity index (χ2v) is 6.66. The highest BCUT2D eigenvalue weighted by Gasteiger charge is 2.50. The molecule has 0 aromatic heterocycles. The van der Waals surface area contributed by atoms with Crippen molar-refractivity contribution < 1.29 is 9.47 Å². The minimum absolute atomic E-state index is 0.0302. The third-order valence-electron chi connectivity index (χ3n) is 4.62. The average Bonchev–Trinajstić information content (AvgIpc) is 2.22. The van der Waals surface area contributed by atoms with E-state index in [9.17, 15) is 0 Å². The summed E-state index contributed by atoms with van der Waals surface area (Å²) < 4.78 is 11.4. The second-order valence-electron chi connectivity index (χ2n) is 6.66. The first kappa shape index (κ1) is 11.0. The van der Waals surface area contributed by atoms with Crippen LogP contribution in [-0.4, -0.2) is 31.1 Å². The van der Waals surface area contributed by atoms with Crippen molar-refractivity contribution in [1.82, 2.24) is 5.32 Å². The predicted octanol–water partition coefficient (Wildman–Crippen LogP) is 2.06. The summed E-state index contributed by atoms with van der Waals surface area (Å²) in [7, 11) is 0. The highest BCUT2D eigenvalue weighted by atomic mass is 16.5. The Labute approximate surface area is 97.9 Å². The van der Waals surface area contributed by atoms with Crippen molar-refractivity contribution >= 4 is 0 Å². The van der Waals surface area contributed by atoms with E-state index >= 15 is 0 Å². The van der Waals surface area contributed by atoms with E-state index < -0.39 is 0 Å². The molecule has 0 amide bonds. The number of hydrogen-bond acceptors (Lipinski definition) is 3. The zero-order chi connectivity index (χ0) is 11.3. The molecule has 3 aliphatic rings. The van der Waals surface area contributed by atoms with Crippen molar-refractivity contribution in [3.05, 3.63) is 0 Å². The van der Waals surface area contributed by atoms with E-state index in [-0.39, 0.29) is 11.3 Å². The molecule has 0 aromatic rings. The van der Waals surface area contributed by atoms with Gasteiger partial charge in [0.15, 0.2) is 0 Å². The topological polar surface area (TPSA) is 30.5 Å². The van der Waals surface area contributed by atoms with Crippen LogP contribution in [0.5, 0.6) is 0 Å². The first-order valence-corrected chi connectivity index (χ1v) is 6.55. The van der Waals surface area contributed by atoms with Crippen LogP contribution >= 0.6 is 0 Å². The lowest BCUT2D eigenvalue weighted by Gasteiger charge is -2.55. The molecule has 3 fully saturated rings. The SMILES string of the molecule is CC1(C)CCC2(CC1)NC1(CCO2)COC1. The van der Waals surface area contributed by atoms with E-state index in [2.05, 4.69) is 19.2 Å². The maximum Gasteiger partial charge on any atom is 0.119 e. The van der Waals surface area contributed by atoms with Gasteiger partial charge in [-0.1, -0.05) is 13.8 Å². The monoisotopic (exact) mass is 225 g/mol. The Balaban J connectivity index is 1.69. The lowest BCUT2D eigenvalue weighted by atomic mass is 9.72. The fraction of sp³-hybridized carbons (Fsp3) is 1.00. The molecule has 92 valence electrons. The smallest absolute Gasteiger partial charge is 0.119 e. The van der Waals surface area contributed by atoms with Gasteiger partial charge in [-0.15, -0.1) is 0 Å². The molecule has 0 bridgehead atoms. The van der Waals surface area contributed by atoms with Gasteiger partial charge in [0, 0.05) is 0 Å². The van der Waals surface area contributed by atoms with E-state index in [0.717, 1.165) is 39.1 Å². The summed E-state index contributed by atoms with van der Waals surface area (Å²) in [6.07, 6.45) is 5.94. The molecule has 3 heteroatoms. The molecule has 0 atom stereocenters. The molecule has 0 aromatic carbocycles. The van der Waals surface area contributed by atoms with E-state index in [1.54, 1.807) is 0 Å².